The van der Waals surface area contributed by atoms with Crippen LogP contribution >= 0.6 is 0 Å². The van der Waals surface area contributed by atoms with Crippen molar-refractivity contribution >= 4 is 5.91 Å². The first-order valence-electron chi connectivity index (χ1n) is 3.69. The lowest BCUT2D eigenvalue weighted by molar-refractivity contribution is -0.133. The number of halogens is 2. The Morgan fingerprint density at radius 3 is 2.42 bits per heavy atom. The van der Waals surface area contributed by atoms with Gasteiger partial charge in [-0.25, -0.2) is 8.78 Å². The van der Waals surface area contributed by atoms with E-state index >= 15 is 0 Å². The monoisotopic (exact) mass is 180 g/mol. The summed E-state index contributed by atoms with van der Waals surface area (Å²) in [5.41, 5.74) is 0. The van der Waals surface area contributed by atoms with E-state index in [4.69, 9.17) is 0 Å². The summed E-state index contributed by atoms with van der Waals surface area (Å²) in [6, 6.07) is -0.409. The minimum atomic E-state index is -2.47. The zero-order valence-corrected chi connectivity index (χ0v) is 7.47. The molecule has 72 valence electrons. The van der Waals surface area contributed by atoms with E-state index in [0.29, 0.717) is 0 Å². The summed E-state index contributed by atoms with van der Waals surface area (Å²) in [5, 5.41) is 2.68. The molecule has 12 heavy (non-hydrogen) atoms. The van der Waals surface area contributed by atoms with Gasteiger partial charge in [0.2, 0.25) is 5.91 Å². The Kier molecular flexibility index (Phi) is 4.73. The molecule has 5 heteroatoms. The largest absolute Gasteiger partial charge is 0.339 e. The van der Waals surface area contributed by atoms with Gasteiger partial charge in [-0.05, 0) is 14.0 Å². The highest BCUT2D eigenvalue weighted by molar-refractivity contribution is 5.81. The first-order valence-corrected chi connectivity index (χ1v) is 3.69. The summed E-state index contributed by atoms with van der Waals surface area (Å²) in [4.78, 5) is 12.2. The van der Waals surface area contributed by atoms with Crippen molar-refractivity contribution < 1.29 is 13.6 Å². The van der Waals surface area contributed by atoms with Gasteiger partial charge in [-0.3, -0.25) is 4.79 Å². The van der Waals surface area contributed by atoms with E-state index in [1.165, 1.54) is 7.05 Å². The zero-order chi connectivity index (χ0) is 9.72. The van der Waals surface area contributed by atoms with E-state index < -0.39 is 19.0 Å². The van der Waals surface area contributed by atoms with Gasteiger partial charge in [-0.2, -0.15) is 0 Å². The lowest BCUT2D eigenvalue weighted by Gasteiger charge is -2.20. The van der Waals surface area contributed by atoms with Crippen molar-refractivity contribution in [1.82, 2.24) is 10.2 Å². The number of hydrogen-bond acceptors (Lipinski definition) is 2. The van der Waals surface area contributed by atoms with Crippen molar-refractivity contribution in [3.8, 4) is 0 Å². The normalized spacial score (nSPS) is 13.2. The molecule has 0 rings (SSSR count). The number of nitrogens with zero attached hydrogens (tertiary/aromatic N) is 1. The van der Waals surface area contributed by atoms with E-state index in [0.717, 1.165) is 4.90 Å². The van der Waals surface area contributed by atoms with Gasteiger partial charge in [0.15, 0.2) is 0 Å². The maximum absolute atomic E-state index is 11.8. The molecule has 0 aliphatic carbocycles. The Hall–Kier alpha value is -0.710. The molecule has 0 aliphatic rings. The van der Waals surface area contributed by atoms with Crippen LogP contribution in [-0.2, 0) is 4.79 Å². The molecule has 0 heterocycles. The molecular formula is C7H14F2N2O. The lowest BCUT2D eigenvalue weighted by Crippen LogP contribution is -2.43. The van der Waals surface area contributed by atoms with Gasteiger partial charge in [0.25, 0.3) is 6.43 Å². The molecule has 0 aliphatic heterocycles. The summed E-state index contributed by atoms with van der Waals surface area (Å²) >= 11 is 0. The highest BCUT2D eigenvalue weighted by Gasteiger charge is 2.18. The molecular weight excluding hydrogens is 166 g/mol. The fourth-order valence-corrected chi connectivity index (χ4v) is 0.751. The Morgan fingerprint density at radius 1 is 1.58 bits per heavy atom. The molecule has 0 aromatic rings. The number of amides is 1. The predicted molar refractivity (Wildman–Crippen MR) is 42.2 cm³/mol. The van der Waals surface area contributed by atoms with E-state index in [-0.39, 0.29) is 5.91 Å². The third-order valence-corrected chi connectivity index (χ3v) is 1.59. The van der Waals surface area contributed by atoms with Gasteiger partial charge in [-0.1, -0.05) is 0 Å². The highest BCUT2D eigenvalue weighted by Crippen LogP contribution is 1.98. The number of carbonyl (C=O) groups is 1. The fraction of sp³-hybridized carbons (Fsp3) is 0.857. The quantitative estimate of drug-likeness (QED) is 0.675. The van der Waals surface area contributed by atoms with Crippen LogP contribution in [0.1, 0.15) is 6.92 Å². The Morgan fingerprint density at radius 2 is 2.08 bits per heavy atom. The second-order valence-corrected chi connectivity index (χ2v) is 2.62. The molecule has 0 fully saturated rings. The van der Waals surface area contributed by atoms with Crippen LogP contribution in [0.15, 0.2) is 0 Å². The molecule has 0 saturated carbocycles. The van der Waals surface area contributed by atoms with E-state index in [2.05, 4.69) is 5.32 Å². The molecule has 1 N–H and O–H groups in total. The van der Waals surface area contributed by atoms with Crippen molar-refractivity contribution in [2.24, 2.45) is 0 Å². The van der Waals surface area contributed by atoms with Crippen molar-refractivity contribution in [3.63, 3.8) is 0 Å². The molecule has 0 spiro atoms. The molecule has 1 unspecified atom stereocenters. The van der Waals surface area contributed by atoms with Gasteiger partial charge >= 0.3 is 0 Å². The first-order chi connectivity index (χ1) is 5.49. The van der Waals surface area contributed by atoms with E-state index in [9.17, 15) is 13.6 Å². The maximum Gasteiger partial charge on any atom is 0.255 e. The van der Waals surface area contributed by atoms with Gasteiger partial charge in [0.05, 0.1) is 12.6 Å². The second-order valence-electron chi connectivity index (χ2n) is 2.62. The molecule has 1 amide bonds. The zero-order valence-electron chi connectivity index (χ0n) is 7.47. The SMILES string of the molecule is CNC(C)C(=O)N(C)CC(F)F. The summed E-state index contributed by atoms with van der Waals surface area (Å²) in [6.07, 6.45) is -2.47. The fourth-order valence-electron chi connectivity index (χ4n) is 0.751. The number of carbonyl (C=O) groups excluding carboxylic acids is 1. The smallest absolute Gasteiger partial charge is 0.255 e. The number of rotatable bonds is 4. The minimum Gasteiger partial charge on any atom is -0.339 e. The maximum atomic E-state index is 11.8. The van der Waals surface area contributed by atoms with Crippen molar-refractivity contribution in [2.45, 2.75) is 19.4 Å². The van der Waals surface area contributed by atoms with Crippen LogP contribution in [-0.4, -0.2) is 43.9 Å². The molecule has 0 bridgehead atoms. The standard InChI is InChI=1S/C7H14F2N2O/c1-5(10-2)7(12)11(3)4-6(8)9/h5-6,10H,4H2,1-3H3. The van der Waals surface area contributed by atoms with Crippen LogP contribution in [0.2, 0.25) is 0 Å². The topological polar surface area (TPSA) is 32.3 Å². The van der Waals surface area contributed by atoms with Gasteiger partial charge in [0, 0.05) is 7.05 Å². The Labute approximate surface area is 70.7 Å². The Bertz CT molecular complexity index is 152. The lowest BCUT2D eigenvalue weighted by atomic mass is 10.3. The number of alkyl halides is 2. The van der Waals surface area contributed by atoms with Gasteiger partial charge in [-0.15, -0.1) is 0 Å². The Balaban J connectivity index is 3.92. The third kappa shape index (κ3) is 3.61. The number of nitrogens with one attached hydrogen (secondary N) is 1. The van der Waals surface area contributed by atoms with E-state index in [1.807, 2.05) is 0 Å². The summed E-state index contributed by atoms with van der Waals surface area (Å²) in [5.74, 6) is -0.321. The van der Waals surface area contributed by atoms with Crippen LogP contribution in [0.5, 0.6) is 0 Å². The number of hydrogen-bond donors (Lipinski definition) is 1. The molecule has 1 atom stereocenters. The van der Waals surface area contributed by atoms with Crippen molar-refractivity contribution in [1.29, 1.82) is 0 Å². The molecule has 0 radical (unpaired) electrons. The van der Waals surface area contributed by atoms with E-state index in [1.54, 1.807) is 14.0 Å². The summed E-state index contributed by atoms with van der Waals surface area (Å²) < 4.78 is 23.6. The molecule has 0 aromatic heterocycles. The van der Waals surface area contributed by atoms with Crippen LogP contribution in [0.25, 0.3) is 0 Å². The number of likely N-dealkylation sites (N-methyl/N-ethyl adjacent to an activating group) is 2. The minimum absolute atomic E-state index is 0.321. The molecule has 0 saturated heterocycles. The van der Waals surface area contributed by atoms with Crippen LogP contribution in [0.4, 0.5) is 8.78 Å². The van der Waals surface area contributed by atoms with Crippen molar-refractivity contribution in [2.75, 3.05) is 20.6 Å². The van der Waals surface area contributed by atoms with Crippen molar-refractivity contribution in [3.05, 3.63) is 0 Å². The predicted octanol–water partition coefficient (Wildman–Crippen LogP) is 0.318. The van der Waals surface area contributed by atoms with Crippen LogP contribution in [0.3, 0.4) is 0 Å². The average Bonchev–Trinajstić information content (AvgIpc) is 2.00. The van der Waals surface area contributed by atoms with Gasteiger partial charge < -0.3 is 10.2 Å². The van der Waals surface area contributed by atoms with Crippen LogP contribution in [0, 0.1) is 0 Å². The average molecular weight is 180 g/mol. The van der Waals surface area contributed by atoms with Crippen LogP contribution < -0.4 is 5.32 Å². The summed E-state index contributed by atoms with van der Waals surface area (Å²) in [7, 11) is 2.97. The third-order valence-electron chi connectivity index (χ3n) is 1.59. The molecule has 3 nitrogen and oxygen atoms in total. The highest BCUT2D eigenvalue weighted by atomic mass is 19.3. The molecule has 0 aromatic carbocycles. The summed E-state index contributed by atoms with van der Waals surface area (Å²) in [6.45, 7) is 1.12. The first kappa shape index (κ1) is 11.3. The second kappa shape index (κ2) is 5.03. The van der Waals surface area contributed by atoms with Gasteiger partial charge in [0.1, 0.15) is 0 Å².